The first kappa shape index (κ1) is 14.4. The van der Waals surface area contributed by atoms with Crippen molar-refractivity contribution in [3.8, 4) is 0 Å². The molecule has 0 spiro atoms. The fourth-order valence-corrected chi connectivity index (χ4v) is 2.91. The summed E-state index contributed by atoms with van der Waals surface area (Å²) in [5.74, 6) is 1.78. The van der Waals surface area contributed by atoms with Gasteiger partial charge in [-0.25, -0.2) is 0 Å². The first-order valence-corrected chi connectivity index (χ1v) is 7.04. The van der Waals surface area contributed by atoms with Crippen LogP contribution in [-0.4, -0.2) is 6.54 Å². The van der Waals surface area contributed by atoms with Gasteiger partial charge in [-0.3, -0.25) is 0 Å². The Hall–Kier alpha value is -0.960. The van der Waals surface area contributed by atoms with Crippen LogP contribution in [0.2, 0.25) is 10.0 Å². The summed E-state index contributed by atoms with van der Waals surface area (Å²) in [5.41, 5.74) is 1.98. The fraction of sp³-hybridized carbons (Fsp3) is 0.333. The molecule has 0 radical (unpaired) electrons. The number of aryl methyl sites for hydroxylation is 2. The third kappa shape index (κ3) is 2.97. The molecule has 1 atom stereocenters. The van der Waals surface area contributed by atoms with Crippen molar-refractivity contribution < 1.29 is 4.42 Å². The molecule has 2 aromatic rings. The average molecular weight is 298 g/mol. The SMILES string of the molecule is CCNC(c1cc(C)oc1C)c1c(Cl)cccc1Cl. The Morgan fingerprint density at radius 3 is 2.32 bits per heavy atom. The monoisotopic (exact) mass is 297 g/mol. The molecule has 0 aliphatic heterocycles. The lowest BCUT2D eigenvalue weighted by Gasteiger charge is -2.20. The van der Waals surface area contributed by atoms with E-state index in [0.717, 1.165) is 29.2 Å². The highest BCUT2D eigenvalue weighted by Gasteiger charge is 2.22. The van der Waals surface area contributed by atoms with E-state index in [2.05, 4.69) is 12.2 Å². The van der Waals surface area contributed by atoms with E-state index < -0.39 is 0 Å². The molecule has 102 valence electrons. The molecule has 1 heterocycles. The van der Waals surface area contributed by atoms with E-state index in [-0.39, 0.29) is 6.04 Å². The molecule has 1 aromatic carbocycles. The summed E-state index contributed by atoms with van der Waals surface area (Å²) in [7, 11) is 0. The van der Waals surface area contributed by atoms with E-state index in [1.165, 1.54) is 0 Å². The van der Waals surface area contributed by atoms with Gasteiger partial charge in [-0.2, -0.15) is 0 Å². The van der Waals surface area contributed by atoms with E-state index in [9.17, 15) is 0 Å². The Kier molecular flexibility index (Phi) is 4.56. The smallest absolute Gasteiger partial charge is 0.106 e. The second-order valence-corrected chi connectivity index (χ2v) is 5.31. The van der Waals surface area contributed by atoms with Crippen molar-refractivity contribution in [2.24, 2.45) is 0 Å². The molecule has 0 saturated carbocycles. The number of benzene rings is 1. The van der Waals surface area contributed by atoms with Gasteiger partial charge in [-0.15, -0.1) is 0 Å². The standard InChI is InChI=1S/C15H17Cl2NO/c1-4-18-15(11-8-9(2)19-10(11)3)14-12(16)6-5-7-13(14)17/h5-8,15,18H,4H2,1-3H3. The summed E-state index contributed by atoms with van der Waals surface area (Å²) in [4.78, 5) is 0. The second kappa shape index (κ2) is 6.00. The first-order valence-electron chi connectivity index (χ1n) is 6.28. The summed E-state index contributed by atoms with van der Waals surface area (Å²) in [6.45, 7) is 6.76. The Bertz CT molecular complexity index is 557. The van der Waals surface area contributed by atoms with E-state index in [4.69, 9.17) is 27.6 Å². The molecular weight excluding hydrogens is 281 g/mol. The van der Waals surface area contributed by atoms with Gasteiger partial charge in [0.2, 0.25) is 0 Å². The van der Waals surface area contributed by atoms with Gasteiger partial charge in [0.05, 0.1) is 6.04 Å². The third-order valence-corrected chi connectivity index (χ3v) is 3.75. The van der Waals surface area contributed by atoms with Crippen LogP contribution in [0, 0.1) is 13.8 Å². The minimum atomic E-state index is -0.0522. The summed E-state index contributed by atoms with van der Waals surface area (Å²) >= 11 is 12.6. The Balaban J connectivity index is 2.54. The van der Waals surface area contributed by atoms with Gasteiger partial charge in [0.15, 0.2) is 0 Å². The van der Waals surface area contributed by atoms with Crippen molar-refractivity contribution in [3.05, 3.63) is 57.0 Å². The molecule has 0 aliphatic rings. The lowest BCUT2D eigenvalue weighted by molar-refractivity contribution is 0.495. The number of halogens is 2. The highest BCUT2D eigenvalue weighted by atomic mass is 35.5. The van der Waals surface area contributed by atoms with Gasteiger partial charge in [0.1, 0.15) is 11.5 Å². The van der Waals surface area contributed by atoms with Crippen LogP contribution >= 0.6 is 23.2 Å². The van der Waals surface area contributed by atoms with Crippen molar-refractivity contribution in [2.75, 3.05) is 6.54 Å². The van der Waals surface area contributed by atoms with E-state index in [1.54, 1.807) is 0 Å². The molecule has 1 N–H and O–H groups in total. The zero-order chi connectivity index (χ0) is 14.0. The number of rotatable bonds is 4. The number of hydrogen-bond acceptors (Lipinski definition) is 2. The predicted molar refractivity (Wildman–Crippen MR) is 80.2 cm³/mol. The zero-order valence-corrected chi connectivity index (χ0v) is 12.8. The third-order valence-electron chi connectivity index (χ3n) is 3.09. The van der Waals surface area contributed by atoms with Gasteiger partial charge in [-0.05, 0) is 38.6 Å². The molecule has 1 aromatic heterocycles. The summed E-state index contributed by atoms with van der Waals surface area (Å²) in [6.07, 6.45) is 0. The lowest BCUT2D eigenvalue weighted by Crippen LogP contribution is -2.22. The molecule has 0 aliphatic carbocycles. The largest absolute Gasteiger partial charge is 0.466 e. The highest BCUT2D eigenvalue weighted by Crippen LogP contribution is 2.36. The van der Waals surface area contributed by atoms with Gasteiger partial charge < -0.3 is 9.73 Å². The Morgan fingerprint density at radius 2 is 1.84 bits per heavy atom. The number of nitrogens with one attached hydrogen (secondary N) is 1. The van der Waals surface area contributed by atoms with Gasteiger partial charge in [0.25, 0.3) is 0 Å². The van der Waals surface area contributed by atoms with Crippen LogP contribution in [0.1, 0.15) is 35.6 Å². The van der Waals surface area contributed by atoms with E-state index in [0.29, 0.717) is 10.0 Å². The lowest BCUT2D eigenvalue weighted by atomic mass is 9.98. The van der Waals surface area contributed by atoms with Gasteiger partial charge >= 0.3 is 0 Å². The van der Waals surface area contributed by atoms with Gasteiger partial charge in [0, 0.05) is 21.2 Å². The van der Waals surface area contributed by atoms with Crippen LogP contribution in [0.25, 0.3) is 0 Å². The molecule has 4 heteroatoms. The van der Waals surface area contributed by atoms with Gasteiger partial charge in [-0.1, -0.05) is 36.2 Å². The second-order valence-electron chi connectivity index (χ2n) is 4.49. The van der Waals surface area contributed by atoms with Crippen molar-refractivity contribution in [1.82, 2.24) is 5.32 Å². The highest BCUT2D eigenvalue weighted by molar-refractivity contribution is 6.36. The molecule has 0 amide bonds. The Labute approximate surface area is 123 Å². The van der Waals surface area contributed by atoms with Crippen molar-refractivity contribution >= 4 is 23.2 Å². The average Bonchev–Trinajstić information content (AvgIpc) is 2.67. The molecule has 0 saturated heterocycles. The van der Waals surface area contributed by atoms with Crippen LogP contribution in [-0.2, 0) is 0 Å². The van der Waals surface area contributed by atoms with Crippen LogP contribution in [0.5, 0.6) is 0 Å². The van der Waals surface area contributed by atoms with Crippen LogP contribution < -0.4 is 5.32 Å². The molecule has 2 nitrogen and oxygen atoms in total. The van der Waals surface area contributed by atoms with Crippen LogP contribution in [0.4, 0.5) is 0 Å². The molecule has 0 fully saturated rings. The van der Waals surface area contributed by atoms with E-state index in [1.807, 2.05) is 38.1 Å². The maximum absolute atomic E-state index is 6.31. The molecule has 1 unspecified atom stereocenters. The summed E-state index contributed by atoms with van der Waals surface area (Å²) in [6, 6.07) is 7.54. The first-order chi connectivity index (χ1) is 9.04. The quantitative estimate of drug-likeness (QED) is 0.868. The molecule has 19 heavy (non-hydrogen) atoms. The van der Waals surface area contributed by atoms with Crippen molar-refractivity contribution in [2.45, 2.75) is 26.8 Å². The normalized spacial score (nSPS) is 12.7. The maximum Gasteiger partial charge on any atom is 0.106 e. The van der Waals surface area contributed by atoms with Crippen LogP contribution in [0.15, 0.2) is 28.7 Å². The fourth-order valence-electron chi connectivity index (χ4n) is 2.30. The minimum Gasteiger partial charge on any atom is -0.466 e. The topological polar surface area (TPSA) is 25.2 Å². The van der Waals surface area contributed by atoms with Crippen molar-refractivity contribution in [3.63, 3.8) is 0 Å². The minimum absolute atomic E-state index is 0.0522. The maximum atomic E-state index is 6.31. The molecular formula is C15H17Cl2NO. The summed E-state index contributed by atoms with van der Waals surface area (Å²) in [5, 5.41) is 4.75. The number of hydrogen-bond donors (Lipinski definition) is 1. The Morgan fingerprint density at radius 1 is 1.21 bits per heavy atom. The molecule has 0 bridgehead atoms. The summed E-state index contributed by atoms with van der Waals surface area (Å²) < 4.78 is 5.62. The predicted octanol–water partition coefficient (Wildman–Crippen LogP) is 4.90. The van der Waals surface area contributed by atoms with E-state index >= 15 is 0 Å². The van der Waals surface area contributed by atoms with Crippen molar-refractivity contribution in [1.29, 1.82) is 0 Å². The number of furan rings is 1. The molecule has 2 rings (SSSR count). The van der Waals surface area contributed by atoms with Crippen LogP contribution in [0.3, 0.4) is 0 Å². The zero-order valence-electron chi connectivity index (χ0n) is 11.3.